The molecule has 0 saturated carbocycles. The molecule has 7 nitrogen and oxygen atoms in total. The van der Waals surface area contributed by atoms with E-state index in [4.69, 9.17) is 9.02 Å². The first kappa shape index (κ1) is 16.4. The Labute approximate surface area is 117 Å². The van der Waals surface area contributed by atoms with Gasteiger partial charge in [0.15, 0.2) is 0 Å². The molecule has 1 saturated heterocycles. The molecule has 1 unspecified atom stereocenters. The van der Waals surface area contributed by atoms with Crippen molar-refractivity contribution in [3.63, 3.8) is 0 Å². The van der Waals surface area contributed by atoms with Crippen LogP contribution in [0.25, 0.3) is 0 Å². The molecule has 1 fully saturated rings. The molecule has 1 rings (SSSR count). The lowest BCUT2D eigenvalue weighted by Gasteiger charge is -2.34. The lowest BCUT2D eigenvalue weighted by atomic mass is 10.2. The molecule has 8 heteroatoms. The van der Waals surface area contributed by atoms with Crippen molar-refractivity contribution < 1.29 is 18.0 Å². The Balaban J connectivity index is 2.40. The zero-order valence-corrected chi connectivity index (χ0v) is 13.0. The van der Waals surface area contributed by atoms with Gasteiger partial charge in [0, 0.05) is 40.3 Å². The van der Waals surface area contributed by atoms with Crippen LogP contribution in [0.3, 0.4) is 0 Å². The van der Waals surface area contributed by atoms with Crippen molar-refractivity contribution in [2.75, 3.05) is 40.3 Å². The molecule has 0 aliphatic carbocycles. The number of rotatable bonds is 3. The number of carbonyl (C=O) groups excluding carboxylic acids is 1. The lowest BCUT2D eigenvalue weighted by molar-refractivity contribution is -0.000628. The fraction of sp³-hybridized carbons (Fsp3) is 0.909. The van der Waals surface area contributed by atoms with Gasteiger partial charge in [-0.2, -0.15) is 13.7 Å². The van der Waals surface area contributed by atoms with Gasteiger partial charge in [-0.1, -0.05) is 0 Å². The van der Waals surface area contributed by atoms with E-state index in [0.717, 1.165) is 0 Å². The molecule has 1 atom stereocenters. The molecule has 1 aliphatic heterocycles. The third-order valence-corrected chi connectivity index (χ3v) is 3.53. The van der Waals surface area contributed by atoms with Crippen LogP contribution >= 0.6 is 0 Å². The fourth-order valence-electron chi connectivity index (χ4n) is 1.52. The molecule has 0 radical (unpaired) electrons. The molecular weight excluding hydrogens is 270 g/mol. The Morgan fingerprint density at radius 2 is 1.68 bits per heavy atom. The predicted octanol–water partition coefficient (Wildman–Crippen LogP) is 0.611. The first-order valence-corrected chi connectivity index (χ1v) is 7.23. The number of nitrogens with zero attached hydrogens (tertiary/aromatic N) is 3. The highest BCUT2D eigenvalue weighted by molar-refractivity contribution is 7.77. The maximum absolute atomic E-state index is 11.8. The first-order chi connectivity index (χ1) is 8.69. The zero-order chi connectivity index (χ0) is 14.6. The lowest BCUT2D eigenvalue weighted by Crippen LogP contribution is -2.50. The van der Waals surface area contributed by atoms with E-state index in [2.05, 4.69) is 0 Å². The number of piperazine rings is 1. The van der Waals surface area contributed by atoms with Gasteiger partial charge in [0.2, 0.25) is 0 Å². The van der Waals surface area contributed by atoms with Crippen molar-refractivity contribution >= 4 is 17.4 Å². The monoisotopic (exact) mass is 293 g/mol. The van der Waals surface area contributed by atoms with Crippen molar-refractivity contribution in [1.82, 2.24) is 14.3 Å². The molecule has 19 heavy (non-hydrogen) atoms. The van der Waals surface area contributed by atoms with Crippen molar-refractivity contribution in [3.8, 4) is 0 Å². The van der Waals surface area contributed by atoms with Gasteiger partial charge in [-0.3, -0.25) is 0 Å². The third kappa shape index (κ3) is 5.85. The van der Waals surface area contributed by atoms with Gasteiger partial charge in [0.25, 0.3) is 11.3 Å². The summed E-state index contributed by atoms with van der Waals surface area (Å²) in [6.45, 7) is 7.47. The van der Waals surface area contributed by atoms with Gasteiger partial charge in [-0.05, 0) is 20.8 Å². The summed E-state index contributed by atoms with van der Waals surface area (Å²) in [5.74, 6) is 0. The Hall–Kier alpha value is -0.700. The minimum absolute atomic E-state index is 0.327. The largest absolute Gasteiger partial charge is 0.444 e. The van der Waals surface area contributed by atoms with E-state index in [0.29, 0.717) is 26.2 Å². The minimum Gasteiger partial charge on any atom is -0.444 e. The van der Waals surface area contributed by atoms with Crippen molar-refractivity contribution in [3.05, 3.63) is 0 Å². The molecule has 0 aromatic heterocycles. The molecule has 1 amide bonds. The SMILES string of the molecule is CN(C)OS(=O)N1CCN(C(=O)OC(C)(C)C)CC1. The Morgan fingerprint density at radius 1 is 1.16 bits per heavy atom. The fourth-order valence-corrected chi connectivity index (χ4v) is 2.33. The molecular formula is C11H23N3O4S. The van der Waals surface area contributed by atoms with Crippen LogP contribution in [0, 0.1) is 0 Å². The van der Waals surface area contributed by atoms with E-state index in [9.17, 15) is 9.00 Å². The maximum Gasteiger partial charge on any atom is 0.410 e. The van der Waals surface area contributed by atoms with Crippen LogP contribution < -0.4 is 0 Å². The maximum atomic E-state index is 11.8. The van der Waals surface area contributed by atoms with Gasteiger partial charge in [0.1, 0.15) is 5.60 Å². The summed E-state index contributed by atoms with van der Waals surface area (Å²) < 4.78 is 23.8. The van der Waals surface area contributed by atoms with Crippen LogP contribution in [0.5, 0.6) is 0 Å². The molecule has 112 valence electrons. The average Bonchev–Trinajstić information content (AvgIpc) is 2.26. The average molecular weight is 293 g/mol. The number of hydrogen-bond donors (Lipinski definition) is 0. The standard InChI is InChI=1S/C11H23N3O4S/c1-11(2,3)17-10(15)13-6-8-14(9-7-13)19(16)18-12(4)5/h6-9H2,1-5H3. The Bertz CT molecular complexity index is 335. The second-order valence-corrected chi connectivity index (χ2v) is 6.60. The number of carbonyl (C=O) groups is 1. The summed E-state index contributed by atoms with van der Waals surface area (Å²) in [5, 5.41) is 1.40. The van der Waals surface area contributed by atoms with E-state index in [1.165, 1.54) is 5.06 Å². The third-order valence-electron chi connectivity index (χ3n) is 2.31. The first-order valence-electron chi connectivity index (χ1n) is 6.19. The summed E-state index contributed by atoms with van der Waals surface area (Å²) in [5.41, 5.74) is -0.495. The number of hydrogen-bond acceptors (Lipinski definition) is 5. The van der Waals surface area contributed by atoms with E-state index < -0.39 is 16.9 Å². The Kier molecular flexibility index (Phi) is 5.72. The van der Waals surface area contributed by atoms with Crippen LogP contribution in [-0.2, 0) is 20.3 Å². The van der Waals surface area contributed by atoms with Gasteiger partial charge in [-0.25, -0.2) is 9.00 Å². The Morgan fingerprint density at radius 3 is 2.11 bits per heavy atom. The van der Waals surface area contributed by atoms with E-state index in [-0.39, 0.29) is 6.09 Å². The van der Waals surface area contributed by atoms with Gasteiger partial charge >= 0.3 is 6.09 Å². The minimum atomic E-state index is -1.50. The summed E-state index contributed by atoms with van der Waals surface area (Å²) in [6, 6.07) is 0. The quantitative estimate of drug-likeness (QED) is 0.714. The second-order valence-electron chi connectivity index (χ2n) is 5.50. The topological polar surface area (TPSA) is 62.3 Å². The zero-order valence-electron chi connectivity index (χ0n) is 12.2. The highest BCUT2D eigenvalue weighted by Gasteiger charge is 2.28. The smallest absolute Gasteiger partial charge is 0.410 e. The van der Waals surface area contributed by atoms with Crippen molar-refractivity contribution in [2.45, 2.75) is 26.4 Å². The van der Waals surface area contributed by atoms with E-state index in [1.807, 2.05) is 20.8 Å². The molecule has 1 heterocycles. The van der Waals surface area contributed by atoms with Crippen LogP contribution in [0.4, 0.5) is 4.79 Å². The number of amides is 1. The molecule has 0 aromatic rings. The molecule has 0 N–H and O–H groups in total. The van der Waals surface area contributed by atoms with E-state index >= 15 is 0 Å². The van der Waals surface area contributed by atoms with Crippen LogP contribution in [0.15, 0.2) is 0 Å². The molecule has 1 aliphatic rings. The van der Waals surface area contributed by atoms with Crippen LogP contribution in [0.2, 0.25) is 0 Å². The highest BCUT2D eigenvalue weighted by atomic mass is 32.2. The second kappa shape index (κ2) is 6.65. The van der Waals surface area contributed by atoms with Gasteiger partial charge in [-0.15, -0.1) is 0 Å². The summed E-state index contributed by atoms with van der Waals surface area (Å²) in [6.07, 6.45) is -0.327. The normalized spacial score (nSPS) is 19.6. The summed E-state index contributed by atoms with van der Waals surface area (Å²) in [7, 11) is 3.35. The highest BCUT2D eigenvalue weighted by Crippen LogP contribution is 2.12. The van der Waals surface area contributed by atoms with Gasteiger partial charge < -0.3 is 9.64 Å². The summed E-state index contributed by atoms with van der Waals surface area (Å²) >= 11 is -1.50. The number of hydroxylamine groups is 2. The molecule has 0 spiro atoms. The van der Waals surface area contributed by atoms with Crippen LogP contribution in [0.1, 0.15) is 20.8 Å². The predicted molar refractivity (Wildman–Crippen MR) is 72.3 cm³/mol. The number of ether oxygens (including phenoxy) is 1. The molecule has 0 bridgehead atoms. The van der Waals surface area contributed by atoms with Crippen LogP contribution in [-0.4, -0.2) is 70.4 Å². The van der Waals surface area contributed by atoms with Crippen molar-refractivity contribution in [2.24, 2.45) is 0 Å². The summed E-state index contributed by atoms with van der Waals surface area (Å²) in [4.78, 5) is 13.5. The van der Waals surface area contributed by atoms with Crippen molar-refractivity contribution in [1.29, 1.82) is 0 Å². The van der Waals surface area contributed by atoms with E-state index in [1.54, 1.807) is 23.3 Å². The molecule has 0 aromatic carbocycles. The van der Waals surface area contributed by atoms with Gasteiger partial charge in [0.05, 0.1) is 0 Å².